The largest absolute Gasteiger partial charge is 0.397 e. The molecule has 0 amide bonds. The van der Waals surface area contributed by atoms with Gasteiger partial charge in [-0.05, 0) is 31.0 Å². The van der Waals surface area contributed by atoms with Gasteiger partial charge in [-0.2, -0.15) is 8.42 Å². The minimum Gasteiger partial charge on any atom is -0.397 e. The van der Waals surface area contributed by atoms with Crippen LogP contribution >= 0.6 is 0 Å². The molecule has 0 spiro atoms. The van der Waals surface area contributed by atoms with Crippen LogP contribution in [0.4, 0.5) is 5.69 Å². The molecular formula is C12H21NO6S2. The lowest BCUT2D eigenvalue weighted by Crippen LogP contribution is -2.09. The molecule has 0 saturated heterocycles. The fraction of sp³-hybridized carbons (Fsp3) is 0.500. The van der Waals surface area contributed by atoms with Gasteiger partial charge in [-0.1, -0.05) is 12.1 Å². The Morgan fingerprint density at radius 1 is 1.10 bits per heavy atom. The second kappa shape index (κ2) is 8.98. The topological polar surface area (TPSA) is 110 Å². The first-order valence-electron chi connectivity index (χ1n) is 6.09. The van der Waals surface area contributed by atoms with Gasteiger partial charge in [-0.3, -0.25) is 8.91 Å². The molecule has 0 aliphatic heterocycles. The number of benzene rings is 1. The first kappa shape index (κ1) is 19.8. The molecule has 1 rings (SSSR count). The summed E-state index contributed by atoms with van der Waals surface area (Å²) >= 11 is 0. The highest BCUT2D eigenvalue weighted by atomic mass is 32.2. The second-order valence-electron chi connectivity index (χ2n) is 4.16. The van der Waals surface area contributed by atoms with E-state index in [1.165, 1.54) is 0 Å². The zero-order chi connectivity index (χ0) is 16.5. The Bertz CT molecular complexity index is 608. The van der Waals surface area contributed by atoms with Crippen molar-refractivity contribution in [2.45, 2.75) is 13.3 Å². The molecule has 0 heterocycles. The summed E-state index contributed by atoms with van der Waals surface area (Å²) in [5.41, 5.74) is 1.32. The van der Waals surface area contributed by atoms with E-state index in [0.717, 1.165) is 18.1 Å². The van der Waals surface area contributed by atoms with Crippen molar-refractivity contribution in [2.75, 3.05) is 30.4 Å². The van der Waals surface area contributed by atoms with Gasteiger partial charge in [0.1, 0.15) is 0 Å². The highest BCUT2D eigenvalue weighted by molar-refractivity contribution is 7.92. The maximum Gasteiger partial charge on any atom is 0.264 e. The number of rotatable bonds is 6. The van der Waals surface area contributed by atoms with Crippen LogP contribution in [0, 0.1) is 0 Å². The molecule has 0 aliphatic rings. The quantitative estimate of drug-likeness (QED) is 0.734. The lowest BCUT2D eigenvalue weighted by Gasteiger charge is -2.05. The fourth-order valence-corrected chi connectivity index (χ4v) is 2.21. The van der Waals surface area contributed by atoms with Gasteiger partial charge in [0, 0.05) is 12.3 Å². The summed E-state index contributed by atoms with van der Waals surface area (Å²) in [6.45, 7) is 2.00. The average Bonchev–Trinajstić information content (AvgIpc) is 2.29. The lowest BCUT2D eigenvalue weighted by atomic mass is 10.1. The van der Waals surface area contributed by atoms with E-state index in [1.807, 2.05) is 0 Å². The van der Waals surface area contributed by atoms with Crippen LogP contribution in [-0.4, -0.2) is 47.7 Å². The predicted octanol–water partition coefficient (Wildman–Crippen LogP) is 0.575. The molecule has 0 radical (unpaired) electrons. The molecule has 7 nitrogen and oxygen atoms in total. The molecule has 1 aromatic carbocycles. The summed E-state index contributed by atoms with van der Waals surface area (Å²) in [5, 5.41) is 7.57. The number of hydrogen-bond donors (Lipinski definition) is 2. The van der Waals surface area contributed by atoms with E-state index in [-0.39, 0.29) is 13.2 Å². The van der Waals surface area contributed by atoms with Crippen molar-refractivity contribution >= 4 is 25.8 Å². The summed E-state index contributed by atoms with van der Waals surface area (Å²) in [4.78, 5) is 0. The van der Waals surface area contributed by atoms with Crippen LogP contribution in [0.15, 0.2) is 24.3 Å². The molecular weight excluding hydrogens is 318 g/mol. The van der Waals surface area contributed by atoms with Crippen LogP contribution in [0.25, 0.3) is 0 Å². The van der Waals surface area contributed by atoms with E-state index in [2.05, 4.69) is 8.91 Å². The summed E-state index contributed by atoms with van der Waals surface area (Å²) in [6.07, 6.45) is 2.50. The first-order valence-corrected chi connectivity index (χ1v) is 9.80. The number of anilines is 1. The van der Waals surface area contributed by atoms with Crippen LogP contribution in [0.2, 0.25) is 0 Å². The van der Waals surface area contributed by atoms with E-state index < -0.39 is 20.1 Å². The highest BCUT2D eigenvalue weighted by Gasteiger charge is 2.03. The van der Waals surface area contributed by atoms with Crippen LogP contribution in [0.1, 0.15) is 12.5 Å². The predicted molar refractivity (Wildman–Crippen MR) is 82.2 cm³/mol. The Morgan fingerprint density at radius 2 is 1.57 bits per heavy atom. The molecule has 0 bridgehead atoms. The van der Waals surface area contributed by atoms with E-state index in [9.17, 15) is 16.8 Å². The zero-order valence-corrected chi connectivity index (χ0v) is 13.9. The lowest BCUT2D eigenvalue weighted by molar-refractivity contribution is 0.318. The average molecular weight is 339 g/mol. The molecule has 0 aromatic heterocycles. The first-order chi connectivity index (χ1) is 9.57. The molecule has 1 aromatic rings. The van der Waals surface area contributed by atoms with Crippen LogP contribution < -0.4 is 4.72 Å². The van der Waals surface area contributed by atoms with Gasteiger partial charge in [0.2, 0.25) is 10.0 Å². The number of nitrogens with one attached hydrogen (secondary N) is 1. The summed E-state index contributed by atoms with van der Waals surface area (Å²) in [5.74, 6) is 0. The molecule has 9 heteroatoms. The van der Waals surface area contributed by atoms with E-state index in [0.29, 0.717) is 12.1 Å². The second-order valence-corrected chi connectivity index (χ2v) is 7.56. The van der Waals surface area contributed by atoms with Crippen molar-refractivity contribution in [3.63, 3.8) is 0 Å². The van der Waals surface area contributed by atoms with Gasteiger partial charge in [-0.15, -0.1) is 0 Å². The maximum atomic E-state index is 11.0. The van der Waals surface area contributed by atoms with E-state index in [1.54, 1.807) is 31.2 Å². The summed E-state index contributed by atoms with van der Waals surface area (Å²) in [7, 11) is -6.70. The number of aliphatic hydroxyl groups excluding tert-OH is 1. The van der Waals surface area contributed by atoms with Crippen molar-refractivity contribution in [1.82, 2.24) is 0 Å². The monoisotopic (exact) mass is 339 g/mol. The Hall–Kier alpha value is -1.16. The van der Waals surface area contributed by atoms with Gasteiger partial charge < -0.3 is 5.11 Å². The molecule has 0 saturated carbocycles. The van der Waals surface area contributed by atoms with Crippen molar-refractivity contribution in [2.24, 2.45) is 0 Å². The Morgan fingerprint density at radius 3 is 1.95 bits per heavy atom. The normalized spacial score (nSPS) is 11.4. The van der Waals surface area contributed by atoms with Gasteiger partial charge in [0.25, 0.3) is 10.1 Å². The molecule has 2 N–H and O–H groups in total. The number of hydrogen-bond acceptors (Lipinski definition) is 6. The minimum absolute atomic E-state index is 0.0671. The smallest absolute Gasteiger partial charge is 0.264 e. The molecule has 122 valence electrons. The highest BCUT2D eigenvalue weighted by Crippen LogP contribution is 2.11. The van der Waals surface area contributed by atoms with Gasteiger partial charge in [0.05, 0.1) is 19.1 Å². The van der Waals surface area contributed by atoms with Crippen molar-refractivity contribution in [3.05, 3.63) is 29.8 Å². The third kappa shape index (κ3) is 12.3. The molecule has 0 unspecified atom stereocenters. The van der Waals surface area contributed by atoms with Crippen molar-refractivity contribution in [1.29, 1.82) is 0 Å². The summed E-state index contributed by atoms with van der Waals surface area (Å²) in [6, 6.07) is 6.63. The third-order valence-electron chi connectivity index (χ3n) is 1.95. The third-order valence-corrected chi connectivity index (χ3v) is 3.15. The molecule has 0 aliphatic carbocycles. The minimum atomic E-state index is -3.42. The maximum absolute atomic E-state index is 11.0. The Labute approximate surface area is 126 Å². The fourth-order valence-electron chi connectivity index (χ4n) is 1.26. The SMILES string of the molecule is CCO.CS(=O)(=O)Nc1ccc(CCOS(C)(=O)=O)cc1. The standard InChI is InChI=1S/C10H15NO5S2.C2H6O/c1-17(12,13)11-10-5-3-9(4-6-10)7-8-16-18(2,14)15;1-2-3/h3-6,11H,7-8H2,1-2H3;3H,2H2,1H3. The van der Waals surface area contributed by atoms with E-state index >= 15 is 0 Å². The number of sulfonamides is 1. The zero-order valence-electron chi connectivity index (χ0n) is 12.2. The van der Waals surface area contributed by atoms with Crippen LogP contribution in [-0.2, 0) is 30.7 Å². The summed E-state index contributed by atoms with van der Waals surface area (Å²) < 4.78 is 50.3. The Kier molecular flexibility index (Phi) is 8.48. The van der Waals surface area contributed by atoms with E-state index in [4.69, 9.17) is 5.11 Å². The molecule has 21 heavy (non-hydrogen) atoms. The van der Waals surface area contributed by atoms with Crippen molar-refractivity contribution < 1.29 is 26.1 Å². The Balaban J connectivity index is 0.00000122. The van der Waals surface area contributed by atoms with Crippen molar-refractivity contribution in [3.8, 4) is 0 Å². The van der Waals surface area contributed by atoms with Crippen LogP contribution in [0.5, 0.6) is 0 Å². The molecule has 0 atom stereocenters. The van der Waals surface area contributed by atoms with Gasteiger partial charge in [0.15, 0.2) is 0 Å². The number of aliphatic hydroxyl groups is 1. The van der Waals surface area contributed by atoms with Gasteiger partial charge >= 0.3 is 0 Å². The van der Waals surface area contributed by atoms with Gasteiger partial charge in [-0.25, -0.2) is 8.42 Å². The molecule has 0 fully saturated rings. The van der Waals surface area contributed by atoms with Crippen LogP contribution in [0.3, 0.4) is 0 Å².